The Labute approximate surface area is 151 Å². The minimum absolute atomic E-state index is 0.0666. The maximum Gasteiger partial charge on any atom is 0.254 e. The minimum atomic E-state index is -3.01. The first-order valence-electron chi connectivity index (χ1n) is 9.17. The van der Waals surface area contributed by atoms with Gasteiger partial charge in [-0.25, -0.2) is 8.42 Å². The normalized spacial score (nSPS) is 19.2. The van der Waals surface area contributed by atoms with Crippen LogP contribution in [0.1, 0.15) is 50.9 Å². The number of nitrogens with zero attached hydrogens (tertiary/aromatic N) is 2. The fraction of sp³-hybridized carbons (Fsp3) is 0.632. The van der Waals surface area contributed by atoms with Gasteiger partial charge in [-0.2, -0.15) is 0 Å². The Balaban J connectivity index is 2.19. The molecule has 1 aliphatic rings. The lowest BCUT2D eigenvalue weighted by atomic mass is 10.1. The summed E-state index contributed by atoms with van der Waals surface area (Å²) in [5.41, 5.74) is 1.72. The highest BCUT2D eigenvalue weighted by Gasteiger charge is 2.34. The topological polar surface area (TPSA) is 57.7 Å². The van der Waals surface area contributed by atoms with E-state index in [1.165, 1.54) is 0 Å². The molecule has 0 bridgehead atoms. The Hall–Kier alpha value is -1.56. The summed E-state index contributed by atoms with van der Waals surface area (Å²) in [5.74, 6) is 0.209. The molecule has 5 nitrogen and oxygen atoms in total. The average molecular weight is 367 g/mol. The molecule has 25 heavy (non-hydrogen) atoms. The van der Waals surface area contributed by atoms with Crippen molar-refractivity contribution in [3.05, 3.63) is 29.8 Å². The van der Waals surface area contributed by atoms with Gasteiger partial charge in [-0.15, -0.1) is 0 Å². The van der Waals surface area contributed by atoms with Crippen LogP contribution in [0.4, 0.5) is 5.69 Å². The highest BCUT2D eigenvalue weighted by molar-refractivity contribution is 7.91. The van der Waals surface area contributed by atoms with Crippen molar-refractivity contribution in [3.8, 4) is 0 Å². The van der Waals surface area contributed by atoms with Crippen molar-refractivity contribution in [1.82, 2.24) is 4.90 Å². The van der Waals surface area contributed by atoms with Crippen molar-refractivity contribution in [2.24, 2.45) is 0 Å². The van der Waals surface area contributed by atoms with Crippen LogP contribution in [0.15, 0.2) is 24.3 Å². The zero-order valence-electron chi connectivity index (χ0n) is 15.7. The predicted molar refractivity (Wildman–Crippen MR) is 103 cm³/mol. The van der Waals surface area contributed by atoms with Crippen LogP contribution >= 0.6 is 0 Å². The molecule has 0 saturated carbocycles. The van der Waals surface area contributed by atoms with Gasteiger partial charge in [0, 0.05) is 36.4 Å². The van der Waals surface area contributed by atoms with E-state index in [2.05, 4.69) is 25.7 Å². The van der Waals surface area contributed by atoms with Crippen molar-refractivity contribution < 1.29 is 13.2 Å². The first-order chi connectivity index (χ1) is 11.8. The smallest absolute Gasteiger partial charge is 0.254 e. The van der Waals surface area contributed by atoms with Crippen LogP contribution in [0, 0.1) is 0 Å². The Morgan fingerprint density at radius 2 is 1.84 bits per heavy atom. The fourth-order valence-electron chi connectivity index (χ4n) is 3.52. The Bertz CT molecular complexity index is 683. The van der Waals surface area contributed by atoms with Gasteiger partial charge < -0.3 is 9.80 Å². The van der Waals surface area contributed by atoms with Gasteiger partial charge in [0.1, 0.15) is 0 Å². The van der Waals surface area contributed by atoms with Crippen LogP contribution < -0.4 is 4.90 Å². The van der Waals surface area contributed by atoms with E-state index in [0.29, 0.717) is 24.6 Å². The van der Waals surface area contributed by atoms with E-state index >= 15 is 0 Å². The Morgan fingerprint density at radius 1 is 1.20 bits per heavy atom. The second kappa shape index (κ2) is 8.21. The molecular weight excluding hydrogens is 336 g/mol. The number of amides is 1. The number of carbonyl (C=O) groups is 1. The lowest BCUT2D eigenvalue weighted by Crippen LogP contribution is -2.41. The summed E-state index contributed by atoms with van der Waals surface area (Å²) >= 11 is 0. The fourth-order valence-corrected chi connectivity index (χ4v) is 5.25. The van der Waals surface area contributed by atoms with Crippen molar-refractivity contribution >= 4 is 21.4 Å². The SMILES string of the molecule is CCCN(C(=O)c1ccc(N(CC)C(C)C)cc1)C1CCS(=O)(=O)C1. The minimum Gasteiger partial charge on any atom is -0.369 e. The van der Waals surface area contributed by atoms with Gasteiger partial charge in [0.2, 0.25) is 0 Å². The molecule has 0 N–H and O–H groups in total. The molecular formula is C19H30N2O3S. The zero-order chi connectivity index (χ0) is 18.6. The Kier molecular flexibility index (Phi) is 6.49. The van der Waals surface area contributed by atoms with Gasteiger partial charge in [-0.05, 0) is 57.9 Å². The molecule has 1 aliphatic heterocycles. The molecule has 0 spiro atoms. The second-order valence-corrected chi connectivity index (χ2v) is 9.21. The van der Waals surface area contributed by atoms with Gasteiger partial charge in [-0.3, -0.25) is 4.79 Å². The largest absolute Gasteiger partial charge is 0.369 e. The molecule has 1 aromatic rings. The van der Waals surface area contributed by atoms with E-state index in [1.807, 2.05) is 31.2 Å². The van der Waals surface area contributed by atoms with E-state index in [-0.39, 0.29) is 23.5 Å². The molecule has 1 heterocycles. The summed E-state index contributed by atoms with van der Waals surface area (Å²) in [4.78, 5) is 16.9. The van der Waals surface area contributed by atoms with E-state index in [9.17, 15) is 13.2 Å². The molecule has 0 radical (unpaired) electrons. The molecule has 1 unspecified atom stereocenters. The molecule has 0 aliphatic carbocycles. The van der Waals surface area contributed by atoms with Crippen molar-refractivity contribution in [1.29, 1.82) is 0 Å². The van der Waals surface area contributed by atoms with E-state index in [1.54, 1.807) is 4.90 Å². The number of hydrogen-bond acceptors (Lipinski definition) is 4. The summed E-state index contributed by atoms with van der Waals surface area (Å²) in [6.07, 6.45) is 1.36. The molecule has 1 fully saturated rings. The average Bonchev–Trinajstić information content (AvgIpc) is 2.92. The summed E-state index contributed by atoms with van der Waals surface area (Å²) in [5, 5.41) is 0. The van der Waals surface area contributed by atoms with Gasteiger partial charge in [0.15, 0.2) is 9.84 Å². The number of rotatable bonds is 7. The van der Waals surface area contributed by atoms with Crippen LogP contribution in [-0.4, -0.2) is 55.9 Å². The molecule has 1 atom stereocenters. The lowest BCUT2D eigenvalue weighted by molar-refractivity contribution is 0.0697. The molecule has 140 valence electrons. The van der Waals surface area contributed by atoms with E-state index < -0.39 is 9.84 Å². The third-order valence-corrected chi connectivity index (χ3v) is 6.53. The molecule has 1 saturated heterocycles. The number of sulfone groups is 1. The van der Waals surface area contributed by atoms with Crippen LogP contribution in [0.25, 0.3) is 0 Å². The summed E-state index contributed by atoms with van der Waals surface area (Å²) < 4.78 is 23.6. The first-order valence-corrected chi connectivity index (χ1v) is 11.0. The quantitative estimate of drug-likeness (QED) is 0.744. The maximum absolute atomic E-state index is 12.9. The van der Waals surface area contributed by atoms with E-state index in [4.69, 9.17) is 0 Å². The van der Waals surface area contributed by atoms with Crippen LogP contribution in [0.5, 0.6) is 0 Å². The zero-order valence-corrected chi connectivity index (χ0v) is 16.6. The molecule has 1 aromatic carbocycles. The number of benzene rings is 1. The number of anilines is 1. The van der Waals surface area contributed by atoms with Gasteiger partial charge in [0.25, 0.3) is 5.91 Å². The predicted octanol–water partition coefficient (Wildman–Crippen LogP) is 2.96. The van der Waals surface area contributed by atoms with Crippen molar-refractivity contribution in [2.45, 2.75) is 52.6 Å². The highest BCUT2D eigenvalue weighted by atomic mass is 32.2. The first kappa shape index (κ1) is 19.8. The molecule has 2 rings (SSSR count). The van der Waals surface area contributed by atoms with Crippen LogP contribution in [-0.2, 0) is 9.84 Å². The third kappa shape index (κ3) is 4.75. The van der Waals surface area contributed by atoms with Crippen LogP contribution in [0.3, 0.4) is 0 Å². The molecule has 0 aromatic heterocycles. The van der Waals surface area contributed by atoms with Gasteiger partial charge in [0.05, 0.1) is 11.5 Å². The van der Waals surface area contributed by atoms with Crippen molar-refractivity contribution in [3.63, 3.8) is 0 Å². The number of carbonyl (C=O) groups excluding carboxylic acids is 1. The van der Waals surface area contributed by atoms with Gasteiger partial charge >= 0.3 is 0 Å². The highest BCUT2D eigenvalue weighted by Crippen LogP contribution is 2.22. The van der Waals surface area contributed by atoms with Crippen LogP contribution in [0.2, 0.25) is 0 Å². The molecule has 1 amide bonds. The Morgan fingerprint density at radius 3 is 2.28 bits per heavy atom. The second-order valence-electron chi connectivity index (χ2n) is 6.98. The molecule has 6 heteroatoms. The standard InChI is InChI=1S/C19H30N2O3S/c1-5-12-21(18-11-13-25(23,24)14-18)19(22)16-7-9-17(10-8-16)20(6-2)15(3)4/h7-10,15,18H,5-6,11-14H2,1-4H3. The van der Waals surface area contributed by atoms with E-state index in [0.717, 1.165) is 18.7 Å². The van der Waals surface area contributed by atoms with Gasteiger partial charge in [-0.1, -0.05) is 6.92 Å². The summed E-state index contributed by atoms with van der Waals surface area (Å²) in [6, 6.07) is 7.87. The maximum atomic E-state index is 12.9. The summed E-state index contributed by atoms with van der Waals surface area (Å²) in [7, 11) is -3.01. The lowest BCUT2D eigenvalue weighted by Gasteiger charge is -2.29. The summed E-state index contributed by atoms with van der Waals surface area (Å²) in [6.45, 7) is 9.91. The third-order valence-electron chi connectivity index (χ3n) is 4.78. The monoisotopic (exact) mass is 366 g/mol. The van der Waals surface area contributed by atoms with Crippen molar-refractivity contribution in [2.75, 3.05) is 29.5 Å². The number of hydrogen-bond donors (Lipinski definition) is 0.